The summed E-state index contributed by atoms with van der Waals surface area (Å²) in [6, 6.07) is 0. The van der Waals surface area contributed by atoms with Gasteiger partial charge in [-0.15, -0.1) is 0 Å². The zero-order valence-electron chi connectivity index (χ0n) is 19.4. The molecule has 27 heavy (non-hydrogen) atoms. The molecule has 1 spiro atoms. The van der Waals surface area contributed by atoms with Crippen molar-refractivity contribution >= 4 is 23.0 Å². The third kappa shape index (κ3) is 5.50. The summed E-state index contributed by atoms with van der Waals surface area (Å²) in [6.07, 6.45) is 4.06. The summed E-state index contributed by atoms with van der Waals surface area (Å²) in [4.78, 5) is 0. The standard InChI is InChI=1S/2C11H21O2.Pb/c2*1-10(2,3)8(12)7-9(13)11(4,5)6;/h2*7-8,13H,1-6H3;/q2*-1;+4/p-2. The second-order valence-corrected chi connectivity index (χ2v) is 19.4. The third-order valence-corrected chi connectivity index (χ3v) is 12.7. The van der Waals surface area contributed by atoms with Crippen LogP contribution in [0.2, 0.25) is 0 Å². The van der Waals surface area contributed by atoms with Crippen molar-refractivity contribution in [3.63, 3.8) is 0 Å². The van der Waals surface area contributed by atoms with Crippen LogP contribution in [0.25, 0.3) is 0 Å². The van der Waals surface area contributed by atoms with Crippen molar-refractivity contribution in [3.05, 3.63) is 23.7 Å². The average molecular weight is 576 g/mol. The molecule has 0 amide bonds. The molecule has 4 nitrogen and oxygen atoms in total. The van der Waals surface area contributed by atoms with Gasteiger partial charge < -0.3 is 0 Å². The van der Waals surface area contributed by atoms with E-state index in [1.807, 2.05) is 0 Å². The Balaban J connectivity index is 2.54. The van der Waals surface area contributed by atoms with Crippen molar-refractivity contribution in [2.75, 3.05) is 0 Å². The first kappa shape index (κ1) is 23.2. The number of hydrogen-bond donors (Lipinski definition) is 0. The van der Waals surface area contributed by atoms with Gasteiger partial charge in [-0.3, -0.25) is 0 Å². The fraction of sp³-hybridized carbons (Fsp3) is 0.818. The SMILES string of the molecule is CC(C)(C)C1=CC(C(C)(C)C)[O][Pb]2([O]1)[O]C(C(C)(C)C)=CC(C(C)(C)C)[O]2. The van der Waals surface area contributed by atoms with Gasteiger partial charge in [0.1, 0.15) is 0 Å². The zero-order chi connectivity index (χ0) is 21.1. The van der Waals surface area contributed by atoms with Gasteiger partial charge >= 0.3 is 174 Å². The summed E-state index contributed by atoms with van der Waals surface area (Å²) in [7, 11) is 0. The average Bonchev–Trinajstić information content (AvgIpc) is 2.42. The Bertz CT molecular complexity index is 565. The molecule has 0 fully saturated rings. The number of hydrogen-bond acceptors (Lipinski definition) is 4. The maximum absolute atomic E-state index is 6.59. The van der Waals surface area contributed by atoms with Crippen LogP contribution in [0.5, 0.6) is 0 Å². The van der Waals surface area contributed by atoms with Crippen LogP contribution < -0.4 is 0 Å². The predicted octanol–water partition coefficient (Wildman–Crippen LogP) is 6.21. The van der Waals surface area contributed by atoms with Crippen molar-refractivity contribution in [1.82, 2.24) is 0 Å². The predicted molar refractivity (Wildman–Crippen MR) is 112 cm³/mol. The van der Waals surface area contributed by atoms with Crippen LogP contribution in [0.3, 0.4) is 0 Å². The van der Waals surface area contributed by atoms with E-state index in [1.165, 1.54) is 0 Å². The molecule has 156 valence electrons. The van der Waals surface area contributed by atoms with Gasteiger partial charge in [0, 0.05) is 0 Å². The van der Waals surface area contributed by atoms with E-state index in [1.54, 1.807) is 0 Å². The molecular weight excluding hydrogens is 535 g/mol. The van der Waals surface area contributed by atoms with Gasteiger partial charge in [-0.1, -0.05) is 0 Å². The first-order valence-corrected chi connectivity index (χ1v) is 16.4. The molecule has 2 aliphatic heterocycles. The van der Waals surface area contributed by atoms with Gasteiger partial charge in [-0.2, -0.15) is 0 Å². The maximum atomic E-state index is 6.59. The molecule has 2 rings (SSSR count). The monoisotopic (exact) mass is 576 g/mol. The van der Waals surface area contributed by atoms with Gasteiger partial charge in [0.2, 0.25) is 0 Å². The Morgan fingerprint density at radius 2 is 0.889 bits per heavy atom. The molecule has 0 bridgehead atoms. The third-order valence-electron chi connectivity index (χ3n) is 4.80. The van der Waals surface area contributed by atoms with Crippen LogP contribution >= 0.6 is 0 Å². The van der Waals surface area contributed by atoms with Gasteiger partial charge in [-0.05, 0) is 0 Å². The molecule has 0 saturated carbocycles. The van der Waals surface area contributed by atoms with Crippen molar-refractivity contribution in [1.29, 1.82) is 0 Å². The van der Waals surface area contributed by atoms with Gasteiger partial charge in [0.25, 0.3) is 0 Å². The number of rotatable bonds is 0. The summed E-state index contributed by atoms with van der Waals surface area (Å²) < 4.78 is 26.3. The van der Waals surface area contributed by atoms with Gasteiger partial charge in [0.15, 0.2) is 0 Å². The molecule has 0 aromatic carbocycles. The van der Waals surface area contributed by atoms with Crippen molar-refractivity contribution in [3.8, 4) is 0 Å². The molecule has 0 saturated heterocycles. The minimum atomic E-state index is -4.50. The molecule has 2 aliphatic rings. The second-order valence-electron chi connectivity index (χ2n) is 12.1. The topological polar surface area (TPSA) is 36.9 Å². The fourth-order valence-corrected chi connectivity index (χ4v) is 14.6. The van der Waals surface area contributed by atoms with Crippen molar-refractivity contribution in [2.45, 2.75) is 95.3 Å². The van der Waals surface area contributed by atoms with E-state index in [-0.39, 0.29) is 33.9 Å². The molecule has 0 aromatic heterocycles. The van der Waals surface area contributed by atoms with E-state index >= 15 is 0 Å². The summed E-state index contributed by atoms with van der Waals surface area (Å²) >= 11 is -4.50. The van der Waals surface area contributed by atoms with Crippen LogP contribution in [0.4, 0.5) is 0 Å². The Hall–Kier alpha value is -0.0779. The normalized spacial score (nSPS) is 30.4. The van der Waals surface area contributed by atoms with Crippen molar-refractivity contribution in [2.24, 2.45) is 21.7 Å². The molecule has 2 heterocycles. The molecule has 2 atom stereocenters. The molecular formula is C22H40O4Pb. The van der Waals surface area contributed by atoms with Crippen LogP contribution in [-0.2, 0) is 10.7 Å². The summed E-state index contributed by atoms with van der Waals surface area (Å²) in [5, 5.41) is 0. The Morgan fingerprint density at radius 3 is 1.11 bits per heavy atom. The van der Waals surface area contributed by atoms with Crippen LogP contribution in [0, 0.1) is 21.7 Å². The fourth-order valence-electron chi connectivity index (χ4n) is 2.80. The zero-order valence-corrected chi connectivity index (χ0v) is 23.3. The molecule has 0 aliphatic carbocycles. The quantitative estimate of drug-likeness (QED) is 0.322. The summed E-state index contributed by atoms with van der Waals surface area (Å²) in [5.74, 6) is 1.86. The van der Waals surface area contributed by atoms with E-state index in [2.05, 4.69) is 95.2 Å². The van der Waals surface area contributed by atoms with Crippen molar-refractivity contribution < 1.29 is 10.7 Å². The molecule has 5 heteroatoms. The Morgan fingerprint density at radius 1 is 0.593 bits per heavy atom. The summed E-state index contributed by atoms with van der Waals surface area (Å²) in [5.41, 5.74) is -0.402. The van der Waals surface area contributed by atoms with Crippen LogP contribution in [0.15, 0.2) is 23.7 Å². The van der Waals surface area contributed by atoms with E-state index < -0.39 is 23.0 Å². The molecule has 0 N–H and O–H groups in total. The minimum absolute atomic E-state index is 0.0692. The number of allylic oxidation sites excluding steroid dienone is 2. The summed E-state index contributed by atoms with van der Waals surface area (Å²) in [6.45, 7) is 26.1. The Labute approximate surface area is 173 Å². The Kier molecular flexibility index (Phi) is 6.02. The van der Waals surface area contributed by atoms with Gasteiger partial charge in [-0.25, -0.2) is 0 Å². The van der Waals surface area contributed by atoms with Gasteiger partial charge in [0.05, 0.1) is 0 Å². The molecule has 0 aromatic rings. The van der Waals surface area contributed by atoms with E-state index in [4.69, 9.17) is 10.7 Å². The van der Waals surface area contributed by atoms with E-state index in [9.17, 15) is 0 Å². The molecule has 0 radical (unpaired) electrons. The van der Waals surface area contributed by atoms with E-state index in [0.717, 1.165) is 11.5 Å². The van der Waals surface area contributed by atoms with Crippen LogP contribution in [-0.4, -0.2) is 35.2 Å². The van der Waals surface area contributed by atoms with E-state index in [0.29, 0.717) is 0 Å². The van der Waals surface area contributed by atoms with Crippen LogP contribution in [0.1, 0.15) is 83.1 Å². The second kappa shape index (κ2) is 7.01. The first-order valence-electron chi connectivity index (χ1n) is 10.0. The first-order chi connectivity index (χ1) is 11.8. The molecule has 2 unspecified atom stereocenters.